The van der Waals surface area contributed by atoms with Crippen molar-refractivity contribution < 1.29 is 9.53 Å². The molecule has 1 amide bonds. The van der Waals surface area contributed by atoms with Gasteiger partial charge >= 0.3 is 0 Å². The monoisotopic (exact) mass is 361 g/mol. The second-order valence-corrected chi connectivity index (χ2v) is 6.22. The molecule has 0 bridgehead atoms. The highest BCUT2D eigenvalue weighted by molar-refractivity contribution is 5.94. The van der Waals surface area contributed by atoms with Gasteiger partial charge in [-0.05, 0) is 42.5 Å². The largest absolute Gasteiger partial charge is 0.497 e. The van der Waals surface area contributed by atoms with Crippen molar-refractivity contribution in [2.75, 3.05) is 7.11 Å². The van der Waals surface area contributed by atoms with Crippen LogP contribution in [0.2, 0.25) is 0 Å². The Morgan fingerprint density at radius 1 is 1.19 bits per heavy atom. The van der Waals surface area contributed by atoms with Crippen molar-refractivity contribution >= 4 is 16.9 Å². The molecule has 2 N–H and O–H groups in total. The lowest BCUT2D eigenvalue weighted by atomic mass is 10.1. The Morgan fingerprint density at radius 3 is 2.78 bits per heavy atom. The average molecular weight is 361 g/mol. The number of hydrogen-bond donors (Lipinski definition) is 2. The van der Waals surface area contributed by atoms with Crippen molar-refractivity contribution in [2.45, 2.75) is 6.54 Å². The molecule has 0 aliphatic carbocycles. The first-order chi connectivity index (χ1) is 13.2. The zero-order valence-electron chi connectivity index (χ0n) is 15.1. The summed E-state index contributed by atoms with van der Waals surface area (Å²) in [6.45, 7) is 0.351. The van der Waals surface area contributed by atoms with E-state index in [0.717, 1.165) is 33.6 Å². The van der Waals surface area contributed by atoms with Gasteiger partial charge in [0.2, 0.25) is 0 Å². The van der Waals surface area contributed by atoms with E-state index in [1.807, 2.05) is 54.2 Å². The molecule has 3 heterocycles. The van der Waals surface area contributed by atoms with Gasteiger partial charge in [-0.25, -0.2) is 4.98 Å². The predicted octanol–water partition coefficient (Wildman–Crippen LogP) is 2.90. The molecule has 0 fully saturated rings. The summed E-state index contributed by atoms with van der Waals surface area (Å²) in [5, 5.41) is 11.0. The predicted molar refractivity (Wildman–Crippen MR) is 102 cm³/mol. The van der Waals surface area contributed by atoms with Crippen molar-refractivity contribution in [1.82, 2.24) is 25.1 Å². The number of nitrogens with zero attached hydrogens (tertiary/aromatic N) is 3. The third-order valence-corrected chi connectivity index (χ3v) is 4.49. The zero-order valence-corrected chi connectivity index (χ0v) is 15.1. The van der Waals surface area contributed by atoms with Crippen molar-refractivity contribution in [3.63, 3.8) is 0 Å². The molecule has 27 heavy (non-hydrogen) atoms. The number of fused-ring (bicyclic) bond motifs is 1. The zero-order chi connectivity index (χ0) is 18.8. The van der Waals surface area contributed by atoms with E-state index in [0.29, 0.717) is 12.2 Å². The van der Waals surface area contributed by atoms with E-state index in [-0.39, 0.29) is 5.91 Å². The smallest absolute Gasteiger partial charge is 0.270 e. The Balaban J connectivity index is 1.50. The minimum Gasteiger partial charge on any atom is -0.497 e. The summed E-state index contributed by atoms with van der Waals surface area (Å²) in [6, 6.07) is 13.3. The molecule has 0 saturated heterocycles. The Kier molecular flexibility index (Phi) is 4.33. The molecular formula is C20H19N5O2. The van der Waals surface area contributed by atoms with Gasteiger partial charge in [-0.15, -0.1) is 0 Å². The number of hydrogen-bond acceptors (Lipinski definition) is 4. The Labute approximate surface area is 156 Å². The van der Waals surface area contributed by atoms with Gasteiger partial charge in [0.15, 0.2) is 0 Å². The van der Waals surface area contributed by atoms with Crippen LogP contribution in [0, 0.1) is 0 Å². The fraction of sp³-hybridized carbons (Fsp3) is 0.150. The summed E-state index contributed by atoms with van der Waals surface area (Å²) in [7, 11) is 3.54. The number of rotatable bonds is 5. The van der Waals surface area contributed by atoms with E-state index in [2.05, 4.69) is 20.5 Å². The molecule has 0 unspecified atom stereocenters. The number of nitrogens with one attached hydrogen (secondary N) is 2. The number of ether oxygens (including phenoxy) is 1. The molecule has 0 saturated carbocycles. The van der Waals surface area contributed by atoms with Gasteiger partial charge in [-0.2, -0.15) is 5.10 Å². The molecule has 0 aliphatic rings. The summed E-state index contributed by atoms with van der Waals surface area (Å²) < 4.78 is 7.08. The molecule has 0 atom stereocenters. The van der Waals surface area contributed by atoms with E-state index in [9.17, 15) is 4.79 Å². The Bertz CT molecular complexity index is 1100. The molecule has 0 spiro atoms. The summed E-state index contributed by atoms with van der Waals surface area (Å²) in [4.78, 5) is 17.0. The van der Waals surface area contributed by atoms with E-state index < -0.39 is 0 Å². The Hall–Kier alpha value is -3.61. The number of benzene rings is 1. The second-order valence-electron chi connectivity index (χ2n) is 6.22. The van der Waals surface area contributed by atoms with Gasteiger partial charge in [0.25, 0.3) is 5.91 Å². The summed E-state index contributed by atoms with van der Waals surface area (Å²) in [5.41, 5.74) is 3.90. The van der Waals surface area contributed by atoms with Crippen molar-refractivity contribution in [1.29, 1.82) is 0 Å². The summed E-state index contributed by atoms with van der Waals surface area (Å²) in [5.74, 6) is 0.565. The number of aromatic nitrogens is 4. The number of aryl methyl sites for hydroxylation is 1. The molecule has 3 aromatic heterocycles. The van der Waals surface area contributed by atoms with Crippen LogP contribution < -0.4 is 10.1 Å². The standard InChI is InChI=1S/C20H19N5O2/c1-25-10-9-14-5-8-17(23-19(14)25)20(26)21-11-15-12-22-24-18(15)13-3-6-16(27-2)7-4-13/h3-10,12H,11H2,1-2H3,(H,21,26)(H,22,24). The molecule has 4 rings (SSSR count). The average Bonchev–Trinajstić information content (AvgIpc) is 3.33. The van der Waals surface area contributed by atoms with Gasteiger partial charge in [0.1, 0.15) is 17.1 Å². The number of H-pyrrole nitrogens is 1. The van der Waals surface area contributed by atoms with E-state index in [1.54, 1.807) is 19.4 Å². The normalized spacial score (nSPS) is 10.9. The van der Waals surface area contributed by atoms with Crippen LogP contribution in [0.3, 0.4) is 0 Å². The number of pyridine rings is 1. The van der Waals surface area contributed by atoms with Gasteiger partial charge < -0.3 is 14.6 Å². The maximum absolute atomic E-state index is 12.5. The first-order valence-electron chi connectivity index (χ1n) is 8.52. The highest BCUT2D eigenvalue weighted by Crippen LogP contribution is 2.23. The van der Waals surface area contributed by atoms with E-state index in [4.69, 9.17) is 4.74 Å². The van der Waals surface area contributed by atoms with Crippen molar-refractivity contribution in [3.05, 3.63) is 66.1 Å². The van der Waals surface area contributed by atoms with E-state index >= 15 is 0 Å². The highest BCUT2D eigenvalue weighted by atomic mass is 16.5. The second kappa shape index (κ2) is 6.95. The molecule has 0 radical (unpaired) electrons. The first-order valence-corrected chi connectivity index (χ1v) is 8.52. The minimum absolute atomic E-state index is 0.222. The van der Waals surface area contributed by atoms with Crippen LogP contribution >= 0.6 is 0 Å². The fourth-order valence-corrected chi connectivity index (χ4v) is 2.98. The molecule has 136 valence electrons. The molecule has 7 heteroatoms. The number of methoxy groups -OCH3 is 1. The quantitative estimate of drug-likeness (QED) is 0.572. The van der Waals surface area contributed by atoms with Crippen LogP contribution in [0.1, 0.15) is 16.1 Å². The number of carbonyl (C=O) groups is 1. The van der Waals surface area contributed by atoms with Crippen LogP contribution in [-0.2, 0) is 13.6 Å². The third-order valence-electron chi connectivity index (χ3n) is 4.49. The summed E-state index contributed by atoms with van der Waals surface area (Å²) >= 11 is 0. The SMILES string of the molecule is COc1ccc(-c2[nH]ncc2CNC(=O)c2ccc3ccn(C)c3n2)cc1. The van der Waals surface area contributed by atoms with Crippen LogP contribution in [0.4, 0.5) is 0 Å². The maximum Gasteiger partial charge on any atom is 0.270 e. The summed E-state index contributed by atoms with van der Waals surface area (Å²) in [6.07, 6.45) is 3.64. The molecular weight excluding hydrogens is 342 g/mol. The minimum atomic E-state index is -0.222. The lowest BCUT2D eigenvalue weighted by Gasteiger charge is -2.07. The van der Waals surface area contributed by atoms with Crippen LogP contribution in [-0.4, -0.2) is 32.8 Å². The number of aromatic amines is 1. The maximum atomic E-state index is 12.5. The van der Waals surface area contributed by atoms with E-state index in [1.165, 1.54) is 0 Å². The molecule has 4 aromatic rings. The van der Waals surface area contributed by atoms with Crippen LogP contribution in [0.5, 0.6) is 5.75 Å². The van der Waals surface area contributed by atoms with Crippen molar-refractivity contribution in [3.8, 4) is 17.0 Å². The molecule has 0 aliphatic heterocycles. The number of amides is 1. The number of carbonyl (C=O) groups excluding carboxylic acids is 1. The lowest BCUT2D eigenvalue weighted by Crippen LogP contribution is -2.24. The highest BCUT2D eigenvalue weighted by Gasteiger charge is 2.12. The lowest BCUT2D eigenvalue weighted by molar-refractivity contribution is 0.0946. The van der Waals surface area contributed by atoms with Crippen molar-refractivity contribution in [2.24, 2.45) is 7.05 Å². The van der Waals surface area contributed by atoms with Crippen LogP contribution in [0.15, 0.2) is 54.9 Å². The first kappa shape index (κ1) is 16.8. The third kappa shape index (κ3) is 3.27. The van der Waals surface area contributed by atoms with Gasteiger partial charge in [0, 0.05) is 36.3 Å². The van der Waals surface area contributed by atoms with Gasteiger partial charge in [-0.1, -0.05) is 0 Å². The topological polar surface area (TPSA) is 84.8 Å². The Morgan fingerprint density at radius 2 is 2.00 bits per heavy atom. The van der Waals surface area contributed by atoms with Gasteiger partial charge in [0.05, 0.1) is 19.0 Å². The molecule has 1 aromatic carbocycles. The van der Waals surface area contributed by atoms with Gasteiger partial charge in [-0.3, -0.25) is 9.89 Å². The van der Waals surface area contributed by atoms with Crippen LogP contribution in [0.25, 0.3) is 22.3 Å². The molecule has 7 nitrogen and oxygen atoms in total. The fourth-order valence-electron chi connectivity index (χ4n) is 2.98.